The van der Waals surface area contributed by atoms with Gasteiger partial charge in [0.05, 0.1) is 31.1 Å². The van der Waals surface area contributed by atoms with Gasteiger partial charge >= 0.3 is 6.18 Å². The van der Waals surface area contributed by atoms with Crippen LogP contribution in [0.2, 0.25) is 0 Å². The topological polar surface area (TPSA) is 60.4 Å². The maximum absolute atomic E-state index is 17.6. The molecule has 54 heavy (non-hydrogen) atoms. The molecule has 2 aliphatic carbocycles. The number of methoxy groups -OCH3 is 1. The van der Waals surface area contributed by atoms with E-state index in [0.29, 0.717) is 67.3 Å². The van der Waals surface area contributed by atoms with Gasteiger partial charge < -0.3 is 14.4 Å². The lowest BCUT2D eigenvalue weighted by Crippen LogP contribution is -2.36. The first kappa shape index (κ1) is 38.1. The van der Waals surface area contributed by atoms with Gasteiger partial charge in [-0.2, -0.15) is 13.2 Å². The van der Waals surface area contributed by atoms with E-state index in [9.17, 15) is 22.0 Å². The van der Waals surface area contributed by atoms with Gasteiger partial charge in [-0.25, -0.2) is 23.1 Å². The SMILES string of the molecule is COc1ccc(CO[C@H]2CC(C)(C)Cc3nc(C4CCN(c5ncccn5)CC4)c([C@@H](F)c4ccc(C(F)(F)F)cc4)c(C4CCC(F)(F)CC4)c32)cc1. The highest BCUT2D eigenvalue weighted by molar-refractivity contribution is 5.51. The van der Waals surface area contributed by atoms with Crippen LogP contribution in [0, 0.1) is 5.41 Å². The van der Waals surface area contributed by atoms with Crippen molar-refractivity contribution in [3.63, 3.8) is 0 Å². The van der Waals surface area contributed by atoms with Crippen molar-refractivity contribution in [2.45, 2.75) is 108 Å². The van der Waals surface area contributed by atoms with Crippen molar-refractivity contribution in [2.75, 3.05) is 25.1 Å². The summed E-state index contributed by atoms with van der Waals surface area (Å²) in [5, 5.41) is 0. The monoisotopic (exact) mass is 752 g/mol. The van der Waals surface area contributed by atoms with Crippen molar-refractivity contribution >= 4 is 5.95 Å². The van der Waals surface area contributed by atoms with Crippen molar-refractivity contribution in [3.8, 4) is 5.75 Å². The molecule has 0 N–H and O–H groups in total. The van der Waals surface area contributed by atoms with Crippen molar-refractivity contribution in [3.05, 3.63) is 112 Å². The third-order valence-corrected chi connectivity index (χ3v) is 11.4. The molecule has 3 aliphatic rings. The Labute approximate surface area is 312 Å². The van der Waals surface area contributed by atoms with Crippen LogP contribution in [0.4, 0.5) is 32.3 Å². The van der Waals surface area contributed by atoms with Gasteiger partial charge in [-0.3, -0.25) is 4.98 Å². The molecule has 3 heterocycles. The lowest BCUT2D eigenvalue weighted by Gasteiger charge is -2.42. The Hall–Kier alpha value is -4.19. The molecule has 288 valence electrons. The van der Waals surface area contributed by atoms with Gasteiger partial charge in [0, 0.05) is 61.1 Å². The lowest BCUT2D eigenvalue weighted by molar-refractivity contribution is -0.137. The van der Waals surface area contributed by atoms with Crippen LogP contribution in [0.5, 0.6) is 5.75 Å². The Bertz CT molecular complexity index is 1890. The number of anilines is 1. The van der Waals surface area contributed by atoms with E-state index in [1.54, 1.807) is 25.6 Å². The summed E-state index contributed by atoms with van der Waals surface area (Å²) in [7, 11) is 1.60. The molecule has 6 nitrogen and oxygen atoms in total. The first-order valence-corrected chi connectivity index (χ1v) is 18.7. The number of fused-ring (bicyclic) bond motifs is 1. The minimum absolute atomic E-state index is 0.0651. The Morgan fingerprint density at radius 1 is 0.870 bits per heavy atom. The highest BCUT2D eigenvalue weighted by Crippen LogP contribution is 2.53. The molecule has 0 unspecified atom stereocenters. The number of rotatable bonds is 9. The van der Waals surface area contributed by atoms with Crippen molar-refractivity contribution in [1.29, 1.82) is 0 Å². The van der Waals surface area contributed by atoms with E-state index in [4.69, 9.17) is 14.5 Å². The number of nitrogens with zero attached hydrogens (tertiary/aromatic N) is 4. The largest absolute Gasteiger partial charge is 0.497 e. The van der Waals surface area contributed by atoms with E-state index in [-0.39, 0.29) is 49.2 Å². The van der Waals surface area contributed by atoms with Gasteiger partial charge in [-0.15, -0.1) is 0 Å². The summed E-state index contributed by atoms with van der Waals surface area (Å²) in [6.45, 7) is 5.73. The molecule has 1 saturated heterocycles. The van der Waals surface area contributed by atoms with Gasteiger partial charge in [0.1, 0.15) is 5.75 Å². The maximum Gasteiger partial charge on any atom is 0.416 e. The second-order valence-electron chi connectivity index (χ2n) is 15.8. The van der Waals surface area contributed by atoms with Crippen LogP contribution in [0.25, 0.3) is 0 Å². The zero-order chi connectivity index (χ0) is 38.3. The van der Waals surface area contributed by atoms with Crippen LogP contribution in [0.15, 0.2) is 67.0 Å². The fraction of sp³-hybridized carbons (Fsp3) is 0.500. The fourth-order valence-electron chi connectivity index (χ4n) is 8.55. The normalized spacial score (nSPS) is 21.1. The number of ether oxygens (including phenoxy) is 2. The molecule has 2 fully saturated rings. The summed E-state index contributed by atoms with van der Waals surface area (Å²) >= 11 is 0. The smallest absolute Gasteiger partial charge is 0.416 e. The highest BCUT2D eigenvalue weighted by atomic mass is 19.4. The molecule has 0 bridgehead atoms. The van der Waals surface area contributed by atoms with Crippen LogP contribution in [0.1, 0.15) is 128 Å². The van der Waals surface area contributed by atoms with E-state index < -0.39 is 35.9 Å². The minimum atomic E-state index is -4.58. The van der Waals surface area contributed by atoms with E-state index >= 15 is 4.39 Å². The molecule has 0 amide bonds. The predicted molar refractivity (Wildman–Crippen MR) is 194 cm³/mol. The van der Waals surface area contributed by atoms with Gasteiger partial charge in [0.15, 0.2) is 6.17 Å². The van der Waals surface area contributed by atoms with Gasteiger partial charge in [-0.1, -0.05) is 38.1 Å². The third kappa shape index (κ3) is 8.23. The van der Waals surface area contributed by atoms with Crippen LogP contribution in [-0.4, -0.2) is 41.1 Å². The zero-order valence-electron chi connectivity index (χ0n) is 30.8. The van der Waals surface area contributed by atoms with Crippen LogP contribution in [-0.2, 0) is 23.9 Å². The van der Waals surface area contributed by atoms with Gasteiger partial charge in [-0.05, 0) is 96.9 Å². The average Bonchev–Trinajstić information content (AvgIpc) is 3.16. The molecule has 4 aromatic rings. The quantitative estimate of drug-likeness (QED) is 0.159. The number of halogens is 6. The Kier molecular flexibility index (Phi) is 10.7. The maximum atomic E-state index is 17.6. The number of benzene rings is 2. The number of aromatic nitrogens is 3. The Morgan fingerprint density at radius 2 is 1.52 bits per heavy atom. The molecule has 0 spiro atoms. The molecule has 1 aliphatic heterocycles. The molecule has 2 atom stereocenters. The van der Waals surface area contributed by atoms with E-state index in [1.807, 2.05) is 24.3 Å². The lowest BCUT2D eigenvalue weighted by atomic mass is 9.68. The number of alkyl halides is 6. The number of piperidine rings is 1. The predicted octanol–water partition coefficient (Wildman–Crippen LogP) is 10.9. The van der Waals surface area contributed by atoms with Crippen molar-refractivity contribution in [2.24, 2.45) is 5.41 Å². The molecule has 2 aromatic carbocycles. The Balaban J connectivity index is 1.37. The molecule has 1 saturated carbocycles. The number of hydrogen-bond acceptors (Lipinski definition) is 6. The summed E-state index contributed by atoms with van der Waals surface area (Å²) in [6.07, 6.45) is -1.54. The average molecular weight is 753 g/mol. The zero-order valence-corrected chi connectivity index (χ0v) is 30.8. The molecular weight excluding hydrogens is 706 g/mol. The van der Waals surface area contributed by atoms with Gasteiger partial charge in [0.25, 0.3) is 0 Å². The van der Waals surface area contributed by atoms with Crippen LogP contribution < -0.4 is 9.64 Å². The van der Waals surface area contributed by atoms with E-state index in [2.05, 4.69) is 28.7 Å². The summed E-state index contributed by atoms with van der Waals surface area (Å²) in [5.41, 5.74) is 2.92. The number of hydrogen-bond donors (Lipinski definition) is 0. The second-order valence-corrected chi connectivity index (χ2v) is 15.8. The van der Waals surface area contributed by atoms with Crippen molar-refractivity contribution in [1.82, 2.24) is 15.0 Å². The minimum Gasteiger partial charge on any atom is -0.497 e. The summed E-state index contributed by atoms with van der Waals surface area (Å²) < 4.78 is 100.0. The molecular formula is C42H46F6N4O2. The standard InChI is InChI=1S/C42H46F6N4O2/c1-40(2)23-32-35(33(24-40)54-25-26-5-11-31(53-3)12-6-26)34(27-13-17-41(44,45)18-14-27)36(37(43)28-7-9-30(10-8-28)42(46,47)48)38(51-32)29-15-21-52(22-16-29)39-49-19-4-20-50-39/h4-12,19-20,27,29,33,37H,13-18,21-25H2,1-3H3/t33-,37-/m0/s1. The van der Waals surface area contributed by atoms with Crippen LogP contribution >= 0.6 is 0 Å². The molecule has 7 rings (SSSR count). The first-order valence-electron chi connectivity index (χ1n) is 18.7. The second kappa shape index (κ2) is 15.2. The summed E-state index contributed by atoms with van der Waals surface area (Å²) in [5.74, 6) is -2.11. The fourth-order valence-corrected chi connectivity index (χ4v) is 8.55. The van der Waals surface area contributed by atoms with Crippen LogP contribution in [0.3, 0.4) is 0 Å². The first-order chi connectivity index (χ1) is 25.7. The molecule has 2 aromatic heterocycles. The van der Waals surface area contributed by atoms with Crippen molar-refractivity contribution < 1.29 is 35.8 Å². The van der Waals surface area contributed by atoms with Gasteiger partial charge in [0.2, 0.25) is 11.9 Å². The molecule has 0 radical (unpaired) electrons. The van der Waals surface area contributed by atoms with E-state index in [1.165, 1.54) is 12.1 Å². The highest BCUT2D eigenvalue weighted by Gasteiger charge is 2.44. The summed E-state index contributed by atoms with van der Waals surface area (Å²) in [4.78, 5) is 16.2. The Morgan fingerprint density at radius 3 is 2.13 bits per heavy atom. The third-order valence-electron chi connectivity index (χ3n) is 11.4. The van der Waals surface area contributed by atoms with E-state index in [0.717, 1.165) is 29.0 Å². The summed E-state index contributed by atoms with van der Waals surface area (Å²) in [6, 6.07) is 13.5. The number of pyridine rings is 1. The molecule has 12 heteroatoms.